The smallest absolute Gasteiger partial charge is 0.305 e. The predicted molar refractivity (Wildman–Crippen MR) is 278 cm³/mol. The van der Waals surface area contributed by atoms with E-state index in [1.54, 1.807) is 6.08 Å². The van der Waals surface area contributed by atoms with Crippen LogP contribution in [0.15, 0.2) is 60.8 Å². The number of aliphatic hydroxyl groups is 5. The van der Waals surface area contributed by atoms with E-state index >= 15 is 0 Å². The van der Waals surface area contributed by atoms with Crippen molar-refractivity contribution >= 4 is 11.9 Å². The van der Waals surface area contributed by atoms with E-state index in [1.807, 2.05) is 6.08 Å². The molecule has 0 saturated carbocycles. The Labute approximate surface area is 414 Å². The van der Waals surface area contributed by atoms with Gasteiger partial charge in [0.1, 0.15) is 24.4 Å². The Bertz CT molecular complexity index is 1310. The van der Waals surface area contributed by atoms with Crippen molar-refractivity contribution in [3.8, 4) is 0 Å². The number of aliphatic hydroxyl groups excluding tert-OH is 5. The van der Waals surface area contributed by atoms with Gasteiger partial charge in [-0.25, -0.2) is 0 Å². The quantitative estimate of drug-likeness (QED) is 0.0196. The van der Waals surface area contributed by atoms with Crippen LogP contribution in [0.5, 0.6) is 0 Å². The van der Waals surface area contributed by atoms with Gasteiger partial charge in [-0.05, 0) is 96.3 Å². The summed E-state index contributed by atoms with van der Waals surface area (Å²) in [5.74, 6) is -0.241. The van der Waals surface area contributed by atoms with Crippen LogP contribution < -0.4 is 5.32 Å². The van der Waals surface area contributed by atoms with Crippen LogP contribution >= 0.6 is 0 Å². The lowest BCUT2D eigenvalue weighted by atomic mass is 9.99. The summed E-state index contributed by atoms with van der Waals surface area (Å²) in [5.41, 5.74) is 0. The van der Waals surface area contributed by atoms with Crippen LogP contribution in [0.1, 0.15) is 226 Å². The van der Waals surface area contributed by atoms with Crippen molar-refractivity contribution < 1.29 is 49.3 Å². The van der Waals surface area contributed by atoms with E-state index in [0.717, 1.165) is 103 Å². The standard InChI is InChI=1S/C57H101NO10/c1-3-5-7-9-11-13-14-21-25-29-33-37-41-45-53(62)66-46-42-38-34-30-26-23-20-18-16-15-17-19-22-24-28-32-36-40-44-52(61)58-49(50(60)43-39-35-31-27-12-10-8-6-4-2)48-67-57-56(65)55(64)54(63)51(47-59)68-57/h7,9,12-14,17,19,27,39,43,49-51,54-57,59-60,63-65H,3-6,8,10-11,15-16,18,20-26,28-38,40-42,44-48H2,1-2H3,(H,58,61)/b9-7-,14-13-,19-17-,27-12+,43-39+. The zero-order valence-corrected chi connectivity index (χ0v) is 43.0. The third-order valence-corrected chi connectivity index (χ3v) is 12.6. The van der Waals surface area contributed by atoms with E-state index in [9.17, 15) is 35.1 Å². The Balaban J connectivity index is 2.08. The molecule has 1 rings (SSSR count). The van der Waals surface area contributed by atoms with E-state index in [-0.39, 0.29) is 18.5 Å². The number of hydrogen-bond acceptors (Lipinski definition) is 10. The van der Waals surface area contributed by atoms with Crippen LogP contribution in [-0.2, 0) is 23.8 Å². The highest BCUT2D eigenvalue weighted by Crippen LogP contribution is 2.23. The van der Waals surface area contributed by atoms with E-state index in [1.165, 1.54) is 96.3 Å². The molecule has 0 aromatic rings. The molecular weight excluding hydrogens is 859 g/mol. The summed E-state index contributed by atoms with van der Waals surface area (Å²) in [7, 11) is 0. The van der Waals surface area contributed by atoms with Crippen molar-refractivity contribution in [3.63, 3.8) is 0 Å². The van der Waals surface area contributed by atoms with Crippen LogP contribution in [0.2, 0.25) is 0 Å². The maximum absolute atomic E-state index is 13.0. The Morgan fingerprint density at radius 2 is 1.03 bits per heavy atom. The van der Waals surface area contributed by atoms with Crippen LogP contribution in [0.3, 0.4) is 0 Å². The van der Waals surface area contributed by atoms with Gasteiger partial charge in [0.25, 0.3) is 0 Å². The van der Waals surface area contributed by atoms with E-state index in [2.05, 4.69) is 67.8 Å². The molecule has 1 amide bonds. The fraction of sp³-hybridized carbons (Fsp3) is 0.789. The van der Waals surface area contributed by atoms with Crippen molar-refractivity contribution in [1.82, 2.24) is 5.32 Å². The summed E-state index contributed by atoms with van der Waals surface area (Å²) in [6.07, 6.45) is 48.9. The normalized spacial score (nSPS) is 19.9. The minimum absolute atomic E-state index is 0.0302. The van der Waals surface area contributed by atoms with Gasteiger partial charge in [-0.15, -0.1) is 0 Å². The molecular formula is C57H101NO10. The molecule has 11 heteroatoms. The summed E-state index contributed by atoms with van der Waals surface area (Å²) < 4.78 is 16.6. The molecule has 7 unspecified atom stereocenters. The largest absolute Gasteiger partial charge is 0.466 e. The number of esters is 1. The summed E-state index contributed by atoms with van der Waals surface area (Å²) >= 11 is 0. The van der Waals surface area contributed by atoms with Crippen molar-refractivity contribution in [2.45, 2.75) is 269 Å². The molecule has 1 saturated heterocycles. The van der Waals surface area contributed by atoms with Crippen molar-refractivity contribution in [2.24, 2.45) is 0 Å². The Morgan fingerprint density at radius 3 is 1.60 bits per heavy atom. The Kier molecular flexibility index (Phi) is 43.5. The average molecular weight is 960 g/mol. The molecule has 68 heavy (non-hydrogen) atoms. The number of amides is 1. The number of carbonyl (C=O) groups excluding carboxylic acids is 2. The summed E-state index contributed by atoms with van der Waals surface area (Å²) in [6, 6.07) is -0.837. The van der Waals surface area contributed by atoms with Crippen molar-refractivity contribution in [2.75, 3.05) is 19.8 Å². The van der Waals surface area contributed by atoms with Crippen LogP contribution in [-0.4, -0.2) is 100 Å². The highest BCUT2D eigenvalue weighted by atomic mass is 16.7. The second kappa shape index (κ2) is 46.7. The molecule has 0 radical (unpaired) electrons. The number of nitrogens with one attached hydrogen (secondary N) is 1. The SMILES string of the molecule is CCC/C=C\C/C=C\CCCCCCCC(=O)OCCCCCCCCCCC/C=C\CCCCCCCC(=O)NC(COC1OC(CO)C(O)C(O)C1O)C(O)/C=C/CC/C=C/CCCCC. The van der Waals surface area contributed by atoms with Gasteiger partial charge in [0.2, 0.25) is 5.91 Å². The highest BCUT2D eigenvalue weighted by Gasteiger charge is 2.44. The zero-order chi connectivity index (χ0) is 49.6. The van der Waals surface area contributed by atoms with E-state index in [0.29, 0.717) is 19.4 Å². The molecule has 6 N–H and O–H groups in total. The van der Waals surface area contributed by atoms with Gasteiger partial charge < -0.3 is 45.1 Å². The molecule has 7 atom stereocenters. The predicted octanol–water partition coefficient (Wildman–Crippen LogP) is 11.9. The first-order chi connectivity index (χ1) is 33.2. The second-order valence-electron chi connectivity index (χ2n) is 18.9. The van der Waals surface area contributed by atoms with Crippen LogP contribution in [0.25, 0.3) is 0 Å². The average Bonchev–Trinajstić information content (AvgIpc) is 3.33. The first-order valence-electron chi connectivity index (χ1n) is 27.6. The highest BCUT2D eigenvalue weighted by molar-refractivity contribution is 5.76. The van der Waals surface area contributed by atoms with Gasteiger partial charge in [0.15, 0.2) is 6.29 Å². The van der Waals surface area contributed by atoms with E-state index in [4.69, 9.17) is 14.2 Å². The molecule has 394 valence electrons. The summed E-state index contributed by atoms with van der Waals surface area (Å²) in [5, 5.41) is 54.1. The molecule has 1 heterocycles. The second-order valence-corrected chi connectivity index (χ2v) is 18.9. The number of allylic oxidation sites excluding steroid dienone is 9. The monoisotopic (exact) mass is 960 g/mol. The lowest BCUT2D eigenvalue weighted by Gasteiger charge is -2.40. The molecule has 0 bridgehead atoms. The number of hydrogen-bond donors (Lipinski definition) is 6. The van der Waals surface area contributed by atoms with Crippen molar-refractivity contribution in [3.05, 3.63) is 60.8 Å². The summed E-state index contributed by atoms with van der Waals surface area (Å²) in [4.78, 5) is 25.0. The van der Waals surface area contributed by atoms with Gasteiger partial charge in [-0.2, -0.15) is 0 Å². The number of ether oxygens (including phenoxy) is 3. The minimum Gasteiger partial charge on any atom is -0.466 e. The van der Waals surface area contributed by atoms with Gasteiger partial charge in [-0.1, -0.05) is 177 Å². The Hall–Kier alpha value is -2.64. The first-order valence-corrected chi connectivity index (χ1v) is 27.6. The van der Waals surface area contributed by atoms with E-state index < -0.39 is 49.5 Å². The van der Waals surface area contributed by atoms with Gasteiger partial charge in [-0.3, -0.25) is 9.59 Å². The molecule has 11 nitrogen and oxygen atoms in total. The number of unbranched alkanes of at least 4 members (excludes halogenated alkanes) is 24. The number of rotatable bonds is 46. The molecule has 0 aromatic carbocycles. The summed E-state index contributed by atoms with van der Waals surface area (Å²) in [6.45, 7) is 4.16. The minimum atomic E-state index is -1.58. The zero-order valence-electron chi connectivity index (χ0n) is 43.0. The van der Waals surface area contributed by atoms with Crippen LogP contribution in [0.4, 0.5) is 0 Å². The topological polar surface area (TPSA) is 175 Å². The molecule has 1 fully saturated rings. The third-order valence-electron chi connectivity index (χ3n) is 12.6. The molecule has 0 aromatic heterocycles. The van der Waals surface area contributed by atoms with Crippen LogP contribution in [0, 0.1) is 0 Å². The molecule has 1 aliphatic heterocycles. The number of carbonyl (C=O) groups is 2. The molecule has 1 aliphatic rings. The molecule has 0 spiro atoms. The van der Waals surface area contributed by atoms with Gasteiger partial charge in [0.05, 0.1) is 32.0 Å². The van der Waals surface area contributed by atoms with Gasteiger partial charge in [0, 0.05) is 12.8 Å². The first kappa shape index (κ1) is 63.4. The fourth-order valence-corrected chi connectivity index (χ4v) is 8.13. The van der Waals surface area contributed by atoms with Crippen molar-refractivity contribution in [1.29, 1.82) is 0 Å². The van der Waals surface area contributed by atoms with Gasteiger partial charge >= 0.3 is 5.97 Å². The Morgan fingerprint density at radius 1 is 0.544 bits per heavy atom. The maximum Gasteiger partial charge on any atom is 0.305 e. The third kappa shape index (κ3) is 36.3. The molecule has 0 aliphatic carbocycles. The maximum atomic E-state index is 13.0. The lowest BCUT2D eigenvalue weighted by molar-refractivity contribution is -0.302. The lowest BCUT2D eigenvalue weighted by Crippen LogP contribution is -2.60. The fourth-order valence-electron chi connectivity index (χ4n) is 8.13.